The molecule has 1 aliphatic rings. The molecule has 20 heavy (non-hydrogen) atoms. The topological polar surface area (TPSA) is 64.8 Å². The van der Waals surface area contributed by atoms with E-state index >= 15 is 0 Å². The van der Waals surface area contributed by atoms with Gasteiger partial charge < -0.3 is 20.1 Å². The molecule has 110 valence electrons. The van der Waals surface area contributed by atoms with E-state index < -0.39 is 0 Å². The summed E-state index contributed by atoms with van der Waals surface area (Å²) in [5.41, 5.74) is 7.81. The van der Waals surface area contributed by atoms with Crippen molar-refractivity contribution in [1.82, 2.24) is 4.90 Å². The Hall–Kier alpha value is -1.75. The number of amides is 1. The van der Waals surface area contributed by atoms with Crippen LogP contribution in [0.2, 0.25) is 0 Å². The van der Waals surface area contributed by atoms with E-state index in [1.165, 1.54) is 5.56 Å². The number of nitrogens with two attached hydrogens (primary N) is 1. The van der Waals surface area contributed by atoms with Gasteiger partial charge in [-0.25, -0.2) is 0 Å². The Morgan fingerprint density at radius 3 is 2.50 bits per heavy atom. The average molecular weight is 278 g/mol. The summed E-state index contributed by atoms with van der Waals surface area (Å²) in [6.07, 6.45) is 2.12. The molecule has 1 aromatic carbocycles. The van der Waals surface area contributed by atoms with E-state index in [0.717, 1.165) is 30.7 Å². The number of fused-ring (bicyclic) bond motifs is 1. The van der Waals surface area contributed by atoms with Crippen LogP contribution < -0.4 is 15.2 Å². The zero-order valence-corrected chi connectivity index (χ0v) is 12.1. The SMILES string of the molecule is COc1cc2c(cc1OC)CN(C(=O)CCCN)CC2. The number of methoxy groups -OCH3 is 2. The molecule has 0 spiro atoms. The molecule has 5 nitrogen and oxygen atoms in total. The highest BCUT2D eigenvalue weighted by molar-refractivity contribution is 5.76. The molecule has 2 rings (SSSR count). The minimum Gasteiger partial charge on any atom is -0.493 e. The maximum absolute atomic E-state index is 12.1. The number of ether oxygens (including phenoxy) is 2. The third kappa shape index (κ3) is 3.04. The van der Waals surface area contributed by atoms with E-state index in [9.17, 15) is 4.79 Å². The van der Waals surface area contributed by atoms with Gasteiger partial charge in [-0.1, -0.05) is 0 Å². The van der Waals surface area contributed by atoms with Crippen molar-refractivity contribution in [1.29, 1.82) is 0 Å². The fraction of sp³-hybridized carbons (Fsp3) is 0.533. The van der Waals surface area contributed by atoms with Gasteiger partial charge in [0.2, 0.25) is 5.91 Å². The Balaban J connectivity index is 2.15. The second kappa shape index (κ2) is 6.61. The molecule has 0 unspecified atom stereocenters. The molecule has 1 amide bonds. The van der Waals surface area contributed by atoms with Crippen molar-refractivity contribution in [3.63, 3.8) is 0 Å². The van der Waals surface area contributed by atoms with Crippen LogP contribution in [0.15, 0.2) is 12.1 Å². The van der Waals surface area contributed by atoms with Gasteiger partial charge in [0.25, 0.3) is 0 Å². The first-order valence-electron chi connectivity index (χ1n) is 6.91. The van der Waals surface area contributed by atoms with Gasteiger partial charge in [0.05, 0.1) is 14.2 Å². The van der Waals surface area contributed by atoms with Crippen molar-refractivity contribution in [3.8, 4) is 11.5 Å². The molecule has 0 atom stereocenters. The number of nitrogens with zero attached hydrogens (tertiary/aromatic N) is 1. The fourth-order valence-electron chi connectivity index (χ4n) is 2.51. The highest BCUT2D eigenvalue weighted by atomic mass is 16.5. The monoisotopic (exact) mass is 278 g/mol. The summed E-state index contributed by atoms with van der Waals surface area (Å²) < 4.78 is 10.6. The smallest absolute Gasteiger partial charge is 0.222 e. The molecule has 1 aliphatic heterocycles. The first-order valence-corrected chi connectivity index (χ1v) is 6.91. The van der Waals surface area contributed by atoms with Crippen LogP contribution >= 0.6 is 0 Å². The van der Waals surface area contributed by atoms with Gasteiger partial charge in [-0.3, -0.25) is 4.79 Å². The van der Waals surface area contributed by atoms with Gasteiger partial charge >= 0.3 is 0 Å². The normalized spacial score (nSPS) is 13.8. The first-order chi connectivity index (χ1) is 9.69. The Morgan fingerprint density at radius 1 is 1.25 bits per heavy atom. The zero-order valence-electron chi connectivity index (χ0n) is 12.1. The van der Waals surface area contributed by atoms with Crippen LogP contribution in [0.1, 0.15) is 24.0 Å². The van der Waals surface area contributed by atoms with Crippen LogP contribution in [-0.4, -0.2) is 38.1 Å². The average Bonchev–Trinajstić information content (AvgIpc) is 2.50. The Labute approximate surface area is 119 Å². The number of carbonyl (C=O) groups is 1. The molecular formula is C15H22N2O3. The number of benzene rings is 1. The van der Waals surface area contributed by atoms with E-state index in [0.29, 0.717) is 25.3 Å². The summed E-state index contributed by atoms with van der Waals surface area (Å²) in [4.78, 5) is 14.0. The molecular weight excluding hydrogens is 256 g/mol. The van der Waals surface area contributed by atoms with Gasteiger partial charge in [-0.15, -0.1) is 0 Å². The van der Waals surface area contributed by atoms with Crippen LogP contribution in [0, 0.1) is 0 Å². The van der Waals surface area contributed by atoms with E-state index in [1.807, 2.05) is 17.0 Å². The summed E-state index contributed by atoms with van der Waals surface area (Å²) in [6.45, 7) is 1.95. The summed E-state index contributed by atoms with van der Waals surface area (Å²) in [7, 11) is 3.26. The van der Waals surface area contributed by atoms with Crippen molar-refractivity contribution < 1.29 is 14.3 Å². The van der Waals surface area contributed by atoms with Crippen molar-refractivity contribution in [3.05, 3.63) is 23.3 Å². The number of rotatable bonds is 5. The largest absolute Gasteiger partial charge is 0.493 e. The zero-order chi connectivity index (χ0) is 14.5. The fourth-order valence-corrected chi connectivity index (χ4v) is 2.51. The number of hydrogen-bond acceptors (Lipinski definition) is 4. The predicted octanol–water partition coefficient (Wildman–Crippen LogP) is 1.33. The van der Waals surface area contributed by atoms with Crippen molar-refractivity contribution >= 4 is 5.91 Å². The predicted molar refractivity (Wildman–Crippen MR) is 77.0 cm³/mol. The van der Waals surface area contributed by atoms with E-state index in [4.69, 9.17) is 15.2 Å². The van der Waals surface area contributed by atoms with Crippen LogP contribution in [0.25, 0.3) is 0 Å². The first kappa shape index (κ1) is 14.7. The molecule has 0 saturated heterocycles. The lowest BCUT2D eigenvalue weighted by atomic mass is 9.98. The third-order valence-electron chi connectivity index (χ3n) is 3.67. The van der Waals surface area contributed by atoms with Crippen LogP contribution in [0.5, 0.6) is 11.5 Å². The second-order valence-corrected chi connectivity index (χ2v) is 4.93. The Morgan fingerprint density at radius 2 is 1.90 bits per heavy atom. The molecule has 5 heteroatoms. The molecule has 0 aliphatic carbocycles. The maximum Gasteiger partial charge on any atom is 0.222 e. The lowest BCUT2D eigenvalue weighted by molar-refractivity contribution is -0.132. The lowest BCUT2D eigenvalue weighted by Crippen LogP contribution is -2.36. The Kier molecular flexibility index (Phi) is 4.84. The number of hydrogen-bond donors (Lipinski definition) is 1. The lowest BCUT2D eigenvalue weighted by Gasteiger charge is -2.29. The molecule has 1 heterocycles. The minimum atomic E-state index is 0.177. The standard InChI is InChI=1S/C15H22N2O3/c1-19-13-8-11-5-7-17(15(18)4-3-6-16)10-12(11)9-14(13)20-2/h8-9H,3-7,10,16H2,1-2H3. The molecule has 0 radical (unpaired) electrons. The van der Waals surface area contributed by atoms with E-state index in [-0.39, 0.29) is 5.91 Å². The van der Waals surface area contributed by atoms with Crippen molar-refractivity contribution in [2.75, 3.05) is 27.3 Å². The van der Waals surface area contributed by atoms with Crippen LogP contribution in [0.4, 0.5) is 0 Å². The summed E-state index contributed by atoms with van der Waals surface area (Å²) >= 11 is 0. The molecule has 0 saturated carbocycles. The van der Waals surface area contributed by atoms with Gasteiger partial charge in [0.1, 0.15) is 0 Å². The quantitative estimate of drug-likeness (QED) is 0.882. The second-order valence-electron chi connectivity index (χ2n) is 4.93. The highest BCUT2D eigenvalue weighted by Crippen LogP contribution is 2.33. The number of carbonyl (C=O) groups excluding carboxylic acids is 1. The van der Waals surface area contributed by atoms with Gasteiger partial charge in [0.15, 0.2) is 11.5 Å². The third-order valence-corrected chi connectivity index (χ3v) is 3.67. The molecule has 2 N–H and O–H groups in total. The summed E-state index contributed by atoms with van der Waals surface area (Å²) in [5, 5.41) is 0. The molecule has 0 fully saturated rings. The van der Waals surface area contributed by atoms with Crippen molar-refractivity contribution in [2.24, 2.45) is 5.73 Å². The van der Waals surface area contributed by atoms with E-state index in [2.05, 4.69) is 0 Å². The van der Waals surface area contributed by atoms with E-state index in [1.54, 1.807) is 14.2 Å². The maximum atomic E-state index is 12.1. The minimum absolute atomic E-state index is 0.177. The van der Waals surface area contributed by atoms with Crippen LogP contribution in [0.3, 0.4) is 0 Å². The van der Waals surface area contributed by atoms with Gasteiger partial charge in [-0.05, 0) is 42.6 Å². The molecule has 0 aromatic heterocycles. The highest BCUT2D eigenvalue weighted by Gasteiger charge is 2.22. The summed E-state index contributed by atoms with van der Waals surface area (Å²) in [5.74, 6) is 1.63. The van der Waals surface area contributed by atoms with Crippen LogP contribution in [-0.2, 0) is 17.8 Å². The molecule has 0 bridgehead atoms. The summed E-state index contributed by atoms with van der Waals surface area (Å²) in [6, 6.07) is 3.98. The molecule has 1 aromatic rings. The van der Waals surface area contributed by atoms with Gasteiger partial charge in [-0.2, -0.15) is 0 Å². The van der Waals surface area contributed by atoms with Gasteiger partial charge in [0, 0.05) is 19.5 Å². The van der Waals surface area contributed by atoms with Crippen molar-refractivity contribution in [2.45, 2.75) is 25.8 Å². The Bertz CT molecular complexity index is 488.